The van der Waals surface area contributed by atoms with E-state index in [-0.39, 0.29) is 5.92 Å². The normalized spacial score (nSPS) is 13.3. The van der Waals surface area contributed by atoms with Gasteiger partial charge in [0.05, 0.1) is 6.07 Å². The summed E-state index contributed by atoms with van der Waals surface area (Å²) in [5, 5.41) is 12.8. The van der Waals surface area contributed by atoms with Gasteiger partial charge in [-0.15, -0.1) is 11.3 Å². The van der Waals surface area contributed by atoms with Crippen LogP contribution in [0.25, 0.3) is 10.1 Å². The van der Waals surface area contributed by atoms with E-state index in [9.17, 15) is 14.9 Å². The third-order valence-corrected chi connectivity index (χ3v) is 5.40. The molecule has 0 saturated heterocycles. The maximum absolute atomic E-state index is 12.3. The molecular formula is C18H20N2O3S. The van der Waals surface area contributed by atoms with Gasteiger partial charge in [-0.2, -0.15) is 5.26 Å². The maximum atomic E-state index is 12.3. The first-order chi connectivity index (χ1) is 11.3. The number of amides is 1. The topological polar surface area (TPSA) is 79.2 Å². The fourth-order valence-corrected chi connectivity index (χ4v) is 3.30. The first-order valence-electron chi connectivity index (χ1n) is 7.66. The second-order valence-corrected chi connectivity index (χ2v) is 7.20. The lowest BCUT2D eigenvalue weighted by Gasteiger charge is -2.27. The molecule has 0 radical (unpaired) electrons. The highest BCUT2D eigenvalue weighted by atomic mass is 32.1. The third-order valence-electron chi connectivity index (χ3n) is 4.15. The van der Waals surface area contributed by atoms with E-state index in [0.29, 0.717) is 4.88 Å². The van der Waals surface area contributed by atoms with Crippen molar-refractivity contribution in [2.24, 2.45) is 5.92 Å². The Morgan fingerprint density at radius 2 is 2.04 bits per heavy atom. The van der Waals surface area contributed by atoms with Gasteiger partial charge in [0.15, 0.2) is 6.61 Å². The van der Waals surface area contributed by atoms with Crippen LogP contribution in [0.15, 0.2) is 24.3 Å². The molecule has 2 rings (SSSR count). The highest BCUT2D eigenvalue weighted by Gasteiger charge is 2.30. The van der Waals surface area contributed by atoms with E-state index in [1.54, 1.807) is 6.92 Å². The number of nitrogens with one attached hydrogen (secondary N) is 1. The zero-order chi connectivity index (χ0) is 17.9. The fraction of sp³-hybridized carbons (Fsp3) is 0.389. The summed E-state index contributed by atoms with van der Waals surface area (Å²) in [6.07, 6.45) is 0. The molecule has 0 unspecified atom stereocenters. The van der Waals surface area contributed by atoms with E-state index in [1.807, 2.05) is 45.0 Å². The van der Waals surface area contributed by atoms with Crippen molar-refractivity contribution in [1.82, 2.24) is 5.32 Å². The molecule has 0 spiro atoms. The molecule has 1 atom stereocenters. The Kier molecular flexibility index (Phi) is 5.25. The van der Waals surface area contributed by atoms with Gasteiger partial charge in [0, 0.05) is 4.70 Å². The van der Waals surface area contributed by atoms with Crippen molar-refractivity contribution in [2.45, 2.75) is 33.2 Å². The van der Waals surface area contributed by atoms with Crippen LogP contribution in [0.1, 0.15) is 36.0 Å². The summed E-state index contributed by atoms with van der Waals surface area (Å²) in [7, 11) is 0. The van der Waals surface area contributed by atoms with E-state index in [0.717, 1.165) is 15.6 Å². The SMILES string of the molecule is Cc1c(C(=O)OCC(=O)N[C@](C)(C#N)C(C)C)sc2ccccc12. The molecule has 0 bridgehead atoms. The van der Waals surface area contributed by atoms with Crippen LogP contribution in [0.4, 0.5) is 0 Å². The molecule has 0 aliphatic rings. The molecule has 0 aliphatic carbocycles. The largest absolute Gasteiger partial charge is 0.451 e. The number of carbonyl (C=O) groups excluding carboxylic acids is 2. The van der Waals surface area contributed by atoms with Crippen molar-refractivity contribution in [3.63, 3.8) is 0 Å². The Balaban J connectivity index is 2.04. The van der Waals surface area contributed by atoms with Gasteiger partial charge in [-0.05, 0) is 36.8 Å². The lowest BCUT2D eigenvalue weighted by atomic mass is 9.90. The molecule has 5 nitrogen and oxygen atoms in total. The van der Waals surface area contributed by atoms with Crippen LogP contribution in [0, 0.1) is 24.2 Å². The number of hydrogen-bond donors (Lipinski definition) is 1. The summed E-state index contributed by atoms with van der Waals surface area (Å²) in [5.74, 6) is -1.07. The zero-order valence-electron chi connectivity index (χ0n) is 14.2. The molecule has 126 valence electrons. The Morgan fingerprint density at radius 1 is 1.38 bits per heavy atom. The number of nitrogens with zero attached hydrogens (tertiary/aromatic N) is 1. The summed E-state index contributed by atoms with van der Waals surface area (Å²) >= 11 is 1.35. The number of ether oxygens (including phenoxy) is 1. The van der Waals surface area contributed by atoms with Gasteiger partial charge in [-0.1, -0.05) is 32.0 Å². The minimum Gasteiger partial charge on any atom is -0.451 e. The van der Waals surface area contributed by atoms with Crippen LogP contribution in [0.5, 0.6) is 0 Å². The standard InChI is InChI=1S/C18H20N2O3S/c1-11(2)18(4,10-19)20-15(21)9-23-17(22)16-12(3)13-7-5-6-8-14(13)24-16/h5-8,11H,9H2,1-4H3,(H,20,21)/t18-/m1/s1. The predicted molar refractivity (Wildman–Crippen MR) is 93.8 cm³/mol. The predicted octanol–water partition coefficient (Wildman–Crippen LogP) is 3.42. The van der Waals surface area contributed by atoms with Crippen LogP contribution in [0.2, 0.25) is 0 Å². The highest BCUT2D eigenvalue weighted by Crippen LogP contribution is 2.30. The molecule has 1 heterocycles. The molecule has 0 fully saturated rings. The van der Waals surface area contributed by atoms with Crippen LogP contribution in [0.3, 0.4) is 0 Å². The van der Waals surface area contributed by atoms with Gasteiger partial charge in [-0.3, -0.25) is 4.79 Å². The highest BCUT2D eigenvalue weighted by molar-refractivity contribution is 7.21. The van der Waals surface area contributed by atoms with Crippen LogP contribution >= 0.6 is 11.3 Å². The number of esters is 1. The Hall–Kier alpha value is -2.39. The number of aryl methyl sites for hydroxylation is 1. The van der Waals surface area contributed by atoms with Gasteiger partial charge in [-0.25, -0.2) is 4.79 Å². The molecule has 0 aliphatic heterocycles. The molecule has 2 aromatic rings. The van der Waals surface area contributed by atoms with E-state index >= 15 is 0 Å². The minimum atomic E-state index is -0.989. The Morgan fingerprint density at radius 3 is 2.62 bits per heavy atom. The maximum Gasteiger partial charge on any atom is 0.349 e. The van der Waals surface area contributed by atoms with Gasteiger partial charge >= 0.3 is 5.97 Å². The second kappa shape index (κ2) is 7.02. The van der Waals surface area contributed by atoms with Crippen molar-refractivity contribution < 1.29 is 14.3 Å². The van der Waals surface area contributed by atoms with Crippen molar-refractivity contribution in [1.29, 1.82) is 5.26 Å². The van der Waals surface area contributed by atoms with Crippen molar-refractivity contribution in [3.05, 3.63) is 34.7 Å². The first-order valence-corrected chi connectivity index (χ1v) is 8.47. The smallest absolute Gasteiger partial charge is 0.349 e. The second-order valence-electron chi connectivity index (χ2n) is 6.15. The fourth-order valence-electron chi connectivity index (χ4n) is 2.19. The van der Waals surface area contributed by atoms with Crippen LogP contribution in [-0.2, 0) is 9.53 Å². The Labute approximate surface area is 145 Å². The molecule has 24 heavy (non-hydrogen) atoms. The quantitative estimate of drug-likeness (QED) is 0.843. The number of rotatable bonds is 5. The number of hydrogen-bond acceptors (Lipinski definition) is 5. The summed E-state index contributed by atoms with van der Waals surface area (Å²) in [5.41, 5.74) is -0.137. The molecule has 1 N–H and O–H groups in total. The monoisotopic (exact) mass is 344 g/mol. The molecule has 6 heteroatoms. The molecule has 1 aromatic heterocycles. The minimum absolute atomic E-state index is 0.0630. The summed E-state index contributed by atoms with van der Waals surface area (Å²) in [6, 6.07) is 9.80. The molecule has 0 saturated carbocycles. The number of fused-ring (bicyclic) bond motifs is 1. The summed E-state index contributed by atoms with van der Waals surface area (Å²) in [4.78, 5) is 24.7. The van der Waals surface area contributed by atoms with Crippen molar-refractivity contribution in [3.8, 4) is 6.07 Å². The van der Waals surface area contributed by atoms with Gasteiger partial charge in [0.25, 0.3) is 5.91 Å². The number of nitriles is 1. The van der Waals surface area contributed by atoms with Gasteiger partial charge in [0.2, 0.25) is 0 Å². The number of thiophene rings is 1. The lowest BCUT2D eigenvalue weighted by Crippen LogP contribution is -2.50. The van der Waals surface area contributed by atoms with Crippen LogP contribution in [-0.4, -0.2) is 24.0 Å². The Bertz CT molecular complexity index is 819. The first kappa shape index (κ1) is 18.0. The van der Waals surface area contributed by atoms with Crippen molar-refractivity contribution in [2.75, 3.05) is 6.61 Å². The number of benzene rings is 1. The van der Waals surface area contributed by atoms with Crippen molar-refractivity contribution >= 4 is 33.3 Å². The average molecular weight is 344 g/mol. The summed E-state index contributed by atoms with van der Waals surface area (Å²) < 4.78 is 6.12. The van der Waals surface area contributed by atoms with E-state index in [4.69, 9.17) is 4.74 Å². The summed E-state index contributed by atoms with van der Waals surface area (Å²) in [6.45, 7) is 6.79. The average Bonchev–Trinajstić information content (AvgIpc) is 2.89. The third kappa shape index (κ3) is 3.57. The van der Waals surface area contributed by atoms with Gasteiger partial charge in [0.1, 0.15) is 10.4 Å². The lowest BCUT2D eigenvalue weighted by molar-refractivity contribution is -0.125. The molecule has 1 amide bonds. The molecular weight excluding hydrogens is 324 g/mol. The number of carbonyl (C=O) groups is 2. The zero-order valence-corrected chi connectivity index (χ0v) is 15.0. The van der Waals surface area contributed by atoms with E-state index in [2.05, 4.69) is 11.4 Å². The van der Waals surface area contributed by atoms with Crippen LogP contribution < -0.4 is 5.32 Å². The van der Waals surface area contributed by atoms with Gasteiger partial charge < -0.3 is 10.1 Å². The van der Waals surface area contributed by atoms with E-state index in [1.165, 1.54) is 11.3 Å². The molecule has 1 aromatic carbocycles. The van der Waals surface area contributed by atoms with E-state index < -0.39 is 24.0 Å².